The molecule has 0 radical (unpaired) electrons. The van der Waals surface area contributed by atoms with Crippen LogP contribution in [-0.2, 0) is 6.18 Å². The van der Waals surface area contributed by atoms with Gasteiger partial charge in [0.1, 0.15) is 5.84 Å². The van der Waals surface area contributed by atoms with Crippen LogP contribution in [0.1, 0.15) is 29.2 Å². The van der Waals surface area contributed by atoms with Crippen molar-refractivity contribution in [3.05, 3.63) is 65.2 Å². The summed E-state index contributed by atoms with van der Waals surface area (Å²) in [5.41, 5.74) is 12.3. The van der Waals surface area contributed by atoms with Crippen LogP contribution in [0.5, 0.6) is 0 Å². The van der Waals surface area contributed by atoms with E-state index < -0.39 is 17.8 Å². The van der Waals surface area contributed by atoms with Crippen molar-refractivity contribution in [3.8, 4) is 0 Å². The number of benzene rings is 2. The molecular formula is C17H18F3N3O. The van der Waals surface area contributed by atoms with Crippen LogP contribution in [0.3, 0.4) is 0 Å². The fourth-order valence-electron chi connectivity index (χ4n) is 2.20. The quantitative estimate of drug-likeness (QED) is 0.445. The summed E-state index contributed by atoms with van der Waals surface area (Å²) in [4.78, 5) is 4.09. The molecule has 0 bridgehead atoms. The molecule has 7 heteroatoms. The molecule has 0 spiro atoms. The van der Waals surface area contributed by atoms with Gasteiger partial charge in [-0.3, -0.25) is 4.99 Å². The van der Waals surface area contributed by atoms with Gasteiger partial charge in [0.2, 0.25) is 0 Å². The number of aliphatic hydroxyl groups is 1. The third kappa shape index (κ3) is 4.48. The maximum atomic E-state index is 12.5. The number of rotatable bonds is 5. The third-order valence-electron chi connectivity index (χ3n) is 3.55. The van der Waals surface area contributed by atoms with Crippen LogP contribution in [-0.4, -0.2) is 17.5 Å². The minimum atomic E-state index is -4.38. The molecule has 2 aromatic rings. The van der Waals surface area contributed by atoms with E-state index in [9.17, 15) is 18.3 Å². The van der Waals surface area contributed by atoms with Crippen LogP contribution < -0.4 is 11.5 Å². The van der Waals surface area contributed by atoms with Gasteiger partial charge in [0.25, 0.3) is 0 Å². The predicted molar refractivity (Wildman–Crippen MR) is 87.5 cm³/mol. The van der Waals surface area contributed by atoms with Crippen LogP contribution in [0.15, 0.2) is 53.5 Å². The zero-order valence-electron chi connectivity index (χ0n) is 12.8. The van der Waals surface area contributed by atoms with Gasteiger partial charge in [0.15, 0.2) is 0 Å². The van der Waals surface area contributed by atoms with Crippen LogP contribution >= 0.6 is 0 Å². The number of aliphatic hydroxyl groups excluding tert-OH is 1. The Labute approximate surface area is 137 Å². The first-order valence-corrected chi connectivity index (χ1v) is 7.29. The second kappa shape index (κ2) is 7.35. The van der Waals surface area contributed by atoms with E-state index in [4.69, 9.17) is 11.5 Å². The Hall–Kier alpha value is -2.54. The van der Waals surface area contributed by atoms with E-state index in [1.165, 1.54) is 12.1 Å². The Morgan fingerprint density at radius 1 is 1.08 bits per heavy atom. The number of amidine groups is 1. The normalized spacial score (nSPS) is 13.8. The standard InChI is InChI=1S/C17H18F3N3O/c18-17(19,20)12-7-5-11(6-8-12)16(22)23-10-9-15(24)13-3-1-2-4-14(13)21/h1-8,15,24H,9-10,21H2,(H2,22,23). The highest BCUT2D eigenvalue weighted by Gasteiger charge is 2.30. The van der Waals surface area contributed by atoms with Gasteiger partial charge in [-0.2, -0.15) is 13.2 Å². The predicted octanol–water partition coefficient (Wildman–Crippen LogP) is 3.12. The van der Waals surface area contributed by atoms with Crippen molar-refractivity contribution in [1.29, 1.82) is 0 Å². The lowest BCUT2D eigenvalue weighted by atomic mass is 10.0. The summed E-state index contributed by atoms with van der Waals surface area (Å²) >= 11 is 0. The molecule has 24 heavy (non-hydrogen) atoms. The summed E-state index contributed by atoms with van der Waals surface area (Å²) in [6.07, 6.45) is -4.87. The number of nitrogens with two attached hydrogens (primary N) is 2. The number of anilines is 1. The van der Waals surface area contributed by atoms with E-state index in [2.05, 4.69) is 4.99 Å². The lowest BCUT2D eigenvalue weighted by Crippen LogP contribution is -2.15. The van der Waals surface area contributed by atoms with Crippen LogP contribution in [0.25, 0.3) is 0 Å². The van der Waals surface area contributed by atoms with Crippen LogP contribution in [0, 0.1) is 0 Å². The summed E-state index contributed by atoms with van der Waals surface area (Å²) in [7, 11) is 0. The number of para-hydroxylation sites is 1. The molecule has 2 rings (SSSR count). The fraction of sp³-hybridized carbons (Fsp3) is 0.235. The van der Waals surface area contributed by atoms with Crippen molar-refractivity contribution < 1.29 is 18.3 Å². The molecule has 1 atom stereocenters. The first-order valence-electron chi connectivity index (χ1n) is 7.29. The lowest BCUT2D eigenvalue weighted by Gasteiger charge is -2.12. The van der Waals surface area contributed by atoms with Gasteiger partial charge in [-0.15, -0.1) is 0 Å². The van der Waals surface area contributed by atoms with E-state index in [0.29, 0.717) is 23.2 Å². The number of hydrogen-bond acceptors (Lipinski definition) is 3. The molecule has 0 saturated carbocycles. The van der Waals surface area contributed by atoms with Gasteiger partial charge in [0.05, 0.1) is 11.7 Å². The largest absolute Gasteiger partial charge is 0.416 e. The van der Waals surface area contributed by atoms with Crippen molar-refractivity contribution in [1.82, 2.24) is 0 Å². The summed E-state index contributed by atoms with van der Waals surface area (Å²) < 4.78 is 37.5. The van der Waals surface area contributed by atoms with E-state index in [-0.39, 0.29) is 12.4 Å². The topological polar surface area (TPSA) is 84.6 Å². The van der Waals surface area contributed by atoms with E-state index in [1.54, 1.807) is 24.3 Å². The summed E-state index contributed by atoms with van der Waals surface area (Å²) in [5.74, 6) is 0.122. The van der Waals surface area contributed by atoms with Crippen molar-refractivity contribution >= 4 is 11.5 Å². The molecule has 0 amide bonds. The molecule has 0 aliphatic carbocycles. The number of nitrogens with zero attached hydrogens (tertiary/aromatic N) is 1. The van der Waals surface area contributed by atoms with Gasteiger partial charge in [-0.1, -0.05) is 30.3 Å². The van der Waals surface area contributed by atoms with Gasteiger partial charge < -0.3 is 16.6 Å². The maximum absolute atomic E-state index is 12.5. The average Bonchev–Trinajstić information content (AvgIpc) is 2.54. The zero-order valence-corrected chi connectivity index (χ0v) is 12.8. The molecule has 1 unspecified atom stereocenters. The Bertz CT molecular complexity index is 712. The van der Waals surface area contributed by atoms with E-state index in [1.807, 2.05) is 0 Å². The molecule has 0 fully saturated rings. The molecule has 4 nitrogen and oxygen atoms in total. The van der Waals surface area contributed by atoms with E-state index >= 15 is 0 Å². The van der Waals surface area contributed by atoms with Gasteiger partial charge in [0, 0.05) is 23.4 Å². The molecule has 0 aliphatic rings. The van der Waals surface area contributed by atoms with Gasteiger partial charge >= 0.3 is 6.18 Å². The minimum absolute atomic E-state index is 0.122. The van der Waals surface area contributed by atoms with Gasteiger partial charge in [-0.25, -0.2) is 0 Å². The number of hydrogen-bond donors (Lipinski definition) is 3. The third-order valence-corrected chi connectivity index (χ3v) is 3.55. The van der Waals surface area contributed by atoms with Crippen molar-refractivity contribution in [2.24, 2.45) is 10.7 Å². The summed E-state index contributed by atoms with van der Waals surface area (Å²) in [6.45, 7) is 0.225. The second-order valence-corrected chi connectivity index (χ2v) is 5.28. The molecular weight excluding hydrogens is 319 g/mol. The van der Waals surface area contributed by atoms with E-state index in [0.717, 1.165) is 12.1 Å². The first-order chi connectivity index (χ1) is 11.3. The van der Waals surface area contributed by atoms with Gasteiger partial charge in [-0.05, 0) is 24.6 Å². The van der Waals surface area contributed by atoms with Crippen LogP contribution in [0.2, 0.25) is 0 Å². The highest BCUT2D eigenvalue weighted by atomic mass is 19.4. The average molecular weight is 337 g/mol. The molecule has 5 N–H and O–H groups in total. The van der Waals surface area contributed by atoms with Crippen molar-refractivity contribution in [3.63, 3.8) is 0 Å². The first kappa shape index (κ1) is 17.8. The smallest absolute Gasteiger partial charge is 0.398 e. The summed E-state index contributed by atoms with van der Waals surface area (Å²) in [6, 6.07) is 11.4. The zero-order chi connectivity index (χ0) is 17.7. The highest BCUT2D eigenvalue weighted by molar-refractivity contribution is 5.97. The number of halogens is 3. The second-order valence-electron chi connectivity index (χ2n) is 5.28. The SMILES string of the molecule is NC(=NCCC(O)c1ccccc1N)c1ccc(C(F)(F)F)cc1. The molecule has 0 heterocycles. The Morgan fingerprint density at radius 2 is 1.71 bits per heavy atom. The molecule has 2 aromatic carbocycles. The highest BCUT2D eigenvalue weighted by Crippen LogP contribution is 2.29. The number of nitrogen functional groups attached to an aromatic ring is 1. The van der Waals surface area contributed by atoms with Crippen LogP contribution in [0.4, 0.5) is 18.9 Å². The summed E-state index contributed by atoms with van der Waals surface area (Å²) in [5, 5.41) is 10.1. The number of aliphatic imine (C=N–C) groups is 1. The molecule has 0 aromatic heterocycles. The monoisotopic (exact) mass is 337 g/mol. The molecule has 0 aliphatic heterocycles. The molecule has 128 valence electrons. The molecule has 0 saturated heterocycles. The Balaban J connectivity index is 1.98. The fourth-order valence-corrected chi connectivity index (χ4v) is 2.20. The maximum Gasteiger partial charge on any atom is 0.416 e. The number of alkyl halides is 3. The Kier molecular flexibility index (Phi) is 5.46. The minimum Gasteiger partial charge on any atom is -0.398 e. The lowest BCUT2D eigenvalue weighted by molar-refractivity contribution is -0.137. The Morgan fingerprint density at radius 3 is 2.29 bits per heavy atom. The van der Waals surface area contributed by atoms with Crippen molar-refractivity contribution in [2.75, 3.05) is 12.3 Å². The van der Waals surface area contributed by atoms with Crippen molar-refractivity contribution in [2.45, 2.75) is 18.7 Å².